The molecule has 2 rings (SSSR count). The number of hydrogen-bond acceptors (Lipinski definition) is 2. The largest absolute Gasteiger partial charge is 0.381 e. The summed E-state index contributed by atoms with van der Waals surface area (Å²) in [5.41, 5.74) is 3.63. The van der Waals surface area contributed by atoms with E-state index in [9.17, 15) is 0 Å². The summed E-state index contributed by atoms with van der Waals surface area (Å²) in [6.45, 7) is 5.28. The van der Waals surface area contributed by atoms with Crippen LogP contribution in [0.25, 0.3) is 0 Å². The molecule has 14 heavy (non-hydrogen) atoms. The molecule has 0 amide bonds. The highest BCUT2D eigenvalue weighted by molar-refractivity contribution is 6.31. The topological polar surface area (TPSA) is 15.3 Å². The summed E-state index contributed by atoms with van der Waals surface area (Å²) < 4.78 is 0. The van der Waals surface area contributed by atoms with Crippen molar-refractivity contribution in [1.82, 2.24) is 0 Å². The summed E-state index contributed by atoms with van der Waals surface area (Å²) in [5, 5.41) is 4.25. The van der Waals surface area contributed by atoms with Crippen molar-refractivity contribution >= 4 is 23.0 Å². The van der Waals surface area contributed by atoms with E-state index in [1.807, 2.05) is 12.1 Å². The van der Waals surface area contributed by atoms with Crippen molar-refractivity contribution in [2.45, 2.75) is 19.9 Å². The lowest BCUT2D eigenvalue weighted by Crippen LogP contribution is -2.39. The van der Waals surface area contributed by atoms with Gasteiger partial charge < -0.3 is 10.2 Å². The Hall–Kier alpha value is -0.890. The first-order valence-corrected chi connectivity index (χ1v) is 5.24. The molecular weight excluding hydrogens is 196 g/mol. The van der Waals surface area contributed by atoms with E-state index in [2.05, 4.69) is 31.1 Å². The van der Waals surface area contributed by atoms with Crippen LogP contribution in [0.15, 0.2) is 12.1 Å². The van der Waals surface area contributed by atoms with Crippen LogP contribution < -0.4 is 10.2 Å². The summed E-state index contributed by atoms with van der Waals surface area (Å²) in [6.07, 6.45) is 0. The van der Waals surface area contributed by atoms with Gasteiger partial charge in [-0.25, -0.2) is 0 Å². The normalized spacial score (nSPS) is 20.3. The van der Waals surface area contributed by atoms with E-state index in [1.54, 1.807) is 0 Å². The van der Waals surface area contributed by atoms with Gasteiger partial charge in [0.05, 0.1) is 11.4 Å². The maximum absolute atomic E-state index is 6.04. The van der Waals surface area contributed by atoms with Gasteiger partial charge in [0.2, 0.25) is 0 Å². The number of fused-ring (bicyclic) bond motifs is 1. The number of nitrogens with one attached hydrogen (secondary N) is 1. The summed E-state index contributed by atoms with van der Waals surface area (Å²) >= 11 is 6.04. The van der Waals surface area contributed by atoms with Gasteiger partial charge in [-0.3, -0.25) is 0 Å². The molecule has 1 aliphatic heterocycles. The molecule has 0 aliphatic carbocycles. The van der Waals surface area contributed by atoms with Crippen molar-refractivity contribution in [2.75, 3.05) is 23.8 Å². The molecule has 1 aromatic carbocycles. The number of halogens is 1. The third-order valence-electron chi connectivity index (χ3n) is 2.89. The molecule has 2 nitrogen and oxygen atoms in total. The zero-order chi connectivity index (χ0) is 10.3. The summed E-state index contributed by atoms with van der Waals surface area (Å²) in [6, 6.07) is 4.53. The van der Waals surface area contributed by atoms with Crippen molar-refractivity contribution in [3.63, 3.8) is 0 Å². The van der Waals surface area contributed by atoms with E-state index >= 15 is 0 Å². The van der Waals surface area contributed by atoms with Crippen molar-refractivity contribution in [3.8, 4) is 0 Å². The minimum Gasteiger partial charge on any atom is -0.381 e. The third-order valence-corrected chi connectivity index (χ3v) is 3.11. The lowest BCUT2D eigenvalue weighted by atomic mass is 10.1. The SMILES string of the molecule is Cc1cc(Cl)cc2c1NCC(C)N2C. The number of benzene rings is 1. The lowest BCUT2D eigenvalue weighted by molar-refractivity contribution is 0.698. The van der Waals surface area contributed by atoms with Crippen LogP contribution in [-0.2, 0) is 0 Å². The summed E-state index contributed by atoms with van der Waals surface area (Å²) in [5.74, 6) is 0. The summed E-state index contributed by atoms with van der Waals surface area (Å²) in [7, 11) is 2.11. The van der Waals surface area contributed by atoms with Crippen molar-refractivity contribution < 1.29 is 0 Å². The molecule has 0 saturated heterocycles. The smallest absolute Gasteiger partial charge is 0.0620 e. The molecule has 1 heterocycles. The molecule has 1 aromatic rings. The molecule has 0 saturated carbocycles. The predicted octanol–water partition coefficient (Wildman–Crippen LogP) is 2.90. The maximum Gasteiger partial charge on any atom is 0.0620 e. The molecule has 1 N–H and O–H groups in total. The fourth-order valence-electron chi connectivity index (χ4n) is 1.86. The van der Waals surface area contributed by atoms with Crippen LogP contribution in [0.5, 0.6) is 0 Å². The Balaban J connectivity index is 2.54. The highest BCUT2D eigenvalue weighted by Gasteiger charge is 2.20. The van der Waals surface area contributed by atoms with Crippen molar-refractivity contribution in [2.24, 2.45) is 0 Å². The van der Waals surface area contributed by atoms with Gasteiger partial charge in [0.1, 0.15) is 0 Å². The first-order valence-electron chi connectivity index (χ1n) is 4.86. The molecular formula is C11H15ClN2. The zero-order valence-corrected chi connectivity index (χ0v) is 9.52. The van der Waals surface area contributed by atoms with Crippen LogP contribution in [0, 0.1) is 6.92 Å². The third kappa shape index (κ3) is 1.44. The Morgan fingerprint density at radius 2 is 2.21 bits per heavy atom. The van der Waals surface area contributed by atoms with Crippen LogP contribution in [0.3, 0.4) is 0 Å². The Morgan fingerprint density at radius 1 is 1.50 bits per heavy atom. The van der Waals surface area contributed by atoms with Crippen molar-refractivity contribution in [1.29, 1.82) is 0 Å². The van der Waals surface area contributed by atoms with Crippen LogP contribution >= 0.6 is 11.6 Å². The average molecular weight is 211 g/mol. The number of aryl methyl sites for hydroxylation is 1. The predicted molar refractivity (Wildman–Crippen MR) is 62.5 cm³/mol. The van der Waals surface area contributed by atoms with Gasteiger partial charge >= 0.3 is 0 Å². The van der Waals surface area contributed by atoms with E-state index in [0.29, 0.717) is 6.04 Å². The number of nitrogens with zero attached hydrogens (tertiary/aromatic N) is 1. The zero-order valence-electron chi connectivity index (χ0n) is 8.76. The standard InChI is InChI=1S/C11H15ClN2/c1-7-4-9(12)5-10-11(7)13-6-8(2)14(10)3/h4-5,8,13H,6H2,1-3H3. The van der Waals surface area contributed by atoms with E-state index in [-0.39, 0.29) is 0 Å². The second-order valence-corrected chi connectivity index (χ2v) is 4.39. The fraction of sp³-hybridized carbons (Fsp3) is 0.455. The molecule has 76 valence electrons. The van der Waals surface area contributed by atoms with Crippen LogP contribution in [0.2, 0.25) is 5.02 Å². The average Bonchev–Trinajstić information content (AvgIpc) is 2.12. The van der Waals surface area contributed by atoms with Gasteiger partial charge in [-0.15, -0.1) is 0 Å². The Kier molecular flexibility index (Phi) is 2.31. The molecule has 0 aromatic heterocycles. The van der Waals surface area contributed by atoms with E-state index in [0.717, 1.165) is 11.6 Å². The Labute approximate surface area is 89.9 Å². The first-order chi connectivity index (χ1) is 6.59. The van der Waals surface area contributed by atoms with Crippen LogP contribution in [0.1, 0.15) is 12.5 Å². The minimum absolute atomic E-state index is 0.514. The van der Waals surface area contributed by atoms with Gasteiger partial charge in [-0.2, -0.15) is 0 Å². The number of rotatable bonds is 0. The van der Waals surface area contributed by atoms with Crippen LogP contribution in [0.4, 0.5) is 11.4 Å². The molecule has 0 spiro atoms. The highest BCUT2D eigenvalue weighted by atomic mass is 35.5. The Morgan fingerprint density at radius 3 is 2.93 bits per heavy atom. The van der Waals surface area contributed by atoms with Crippen molar-refractivity contribution in [3.05, 3.63) is 22.7 Å². The Bertz CT molecular complexity index is 363. The summed E-state index contributed by atoms with van der Waals surface area (Å²) in [4.78, 5) is 2.27. The molecule has 0 fully saturated rings. The quantitative estimate of drug-likeness (QED) is 0.709. The van der Waals surface area contributed by atoms with E-state index in [4.69, 9.17) is 11.6 Å². The number of anilines is 2. The molecule has 1 unspecified atom stereocenters. The van der Waals surface area contributed by atoms with Gasteiger partial charge in [-0.1, -0.05) is 11.6 Å². The molecule has 0 bridgehead atoms. The second kappa shape index (κ2) is 3.35. The minimum atomic E-state index is 0.514. The van der Waals surface area contributed by atoms with Gasteiger partial charge in [-0.05, 0) is 31.5 Å². The number of likely N-dealkylation sites (N-methyl/N-ethyl adjacent to an activating group) is 1. The lowest BCUT2D eigenvalue weighted by Gasteiger charge is -2.35. The van der Waals surface area contributed by atoms with E-state index in [1.165, 1.54) is 16.9 Å². The molecule has 1 aliphatic rings. The van der Waals surface area contributed by atoms with Gasteiger partial charge in [0.15, 0.2) is 0 Å². The first kappa shape index (κ1) is 9.66. The highest BCUT2D eigenvalue weighted by Crippen LogP contribution is 2.35. The monoisotopic (exact) mass is 210 g/mol. The van der Waals surface area contributed by atoms with Gasteiger partial charge in [0, 0.05) is 24.7 Å². The maximum atomic E-state index is 6.04. The number of hydrogen-bond donors (Lipinski definition) is 1. The molecule has 3 heteroatoms. The van der Waals surface area contributed by atoms with Crippen LogP contribution in [-0.4, -0.2) is 19.6 Å². The second-order valence-electron chi connectivity index (χ2n) is 3.96. The van der Waals surface area contributed by atoms with Gasteiger partial charge in [0.25, 0.3) is 0 Å². The molecule has 0 radical (unpaired) electrons. The molecule has 1 atom stereocenters. The fourth-order valence-corrected chi connectivity index (χ4v) is 2.12. The van der Waals surface area contributed by atoms with E-state index < -0.39 is 0 Å².